The first-order valence-corrected chi connectivity index (χ1v) is 8.38. The van der Waals surface area contributed by atoms with E-state index >= 15 is 0 Å². The minimum Gasteiger partial charge on any atom is -0.481 e. The number of aliphatic carboxylic acids is 1. The highest BCUT2D eigenvalue weighted by Crippen LogP contribution is 2.31. The Hall–Kier alpha value is -1.92. The topological polar surface area (TPSA) is 84.9 Å². The fourth-order valence-electron chi connectivity index (χ4n) is 2.88. The van der Waals surface area contributed by atoms with Crippen LogP contribution in [0.15, 0.2) is 24.3 Å². The average Bonchev–Trinajstić information content (AvgIpc) is 3.05. The summed E-state index contributed by atoms with van der Waals surface area (Å²) in [4.78, 5) is 23.3. The summed E-state index contributed by atoms with van der Waals surface area (Å²) in [5.74, 6) is -1.53. The Kier molecular flexibility index (Phi) is 7.21. The molecule has 1 amide bonds. The lowest BCUT2D eigenvalue weighted by molar-refractivity contribution is -0.141. The van der Waals surface area contributed by atoms with Crippen molar-refractivity contribution in [2.45, 2.75) is 32.8 Å². The van der Waals surface area contributed by atoms with Crippen LogP contribution in [-0.4, -0.2) is 36.8 Å². The number of carbonyl (C=O) groups is 2. The van der Waals surface area contributed by atoms with Gasteiger partial charge in [0.05, 0.1) is 25.7 Å². The molecule has 24 heavy (non-hydrogen) atoms. The van der Waals surface area contributed by atoms with Crippen LogP contribution in [0.25, 0.3) is 0 Å². The van der Waals surface area contributed by atoms with Crippen LogP contribution in [0.2, 0.25) is 0 Å². The third-order valence-electron chi connectivity index (χ3n) is 4.19. The Balaban J connectivity index is 1.81. The third kappa shape index (κ3) is 5.62. The third-order valence-corrected chi connectivity index (χ3v) is 4.19. The van der Waals surface area contributed by atoms with Gasteiger partial charge in [0.2, 0.25) is 5.91 Å². The molecule has 0 aliphatic heterocycles. The summed E-state index contributed by atoms with van der Waals surface area (Å²) in [5.41, 5.74) is 1.68. The minimum atomic E-state index is -0.809. The molecule has 1 aliphatic carbocycles. The Morgan fingerprint density at radius 3 is 2.67 bits per heavy atom. The summed E-state index contributed by atoms with van der Waals surface area (Å²) in [6, 6.07) is 7.51. The number of amides is 1. The first kappa shape index (κ1) is 18.4. The molecular weight excluding hydrogens is 310 g/mol. The molecule has 2 atom stereocenters. The molecule has 2 rings (SSSR count). The summed E-state index contributed by atoms with van der Waals surface area (Å²) in [6.45, 7) is 4.17. The predicted molar refractivity (Wildman–Crippen MR) is 89.7 cm³/mol. The van der Waals surface area contributed by atoms with Gasteiger partial charge in [0.1, 0.15) is 0 Å². The van der Waals surface area contributed by atoms with Crippen molar-refractivity contribution in [3.05, 3.63) is 29.8 Å². The van der Waals surface area contributed by atoms with E-state index in [1.165, 1.54) is 0 Å². The first-order valence-electron chi connectivity index (χ1n) is 8.38. The molecule has 6 nitrogen and oxygen atoms in total. The lowest BCUT2D eigenvalue weighted by Gasteiger charge is -2.12. The van der Waals surface area contributed by atoms with Crippen LogP contribution >= 0.6 is 0 Å². The number of hydrogen-bond acceptors (Lipinski definition) is 4. The monoisotopic (exact) mass is 335 g/mol. The predicted octanol–water partition coefficient (Wildman–Crippen LogP) is 2.68. The highest BCUT2D eigenvalue weighted by atomic mass is 16.5. The summed E-state index contributed by atoms with van der Waals surface area (Å²) in [6.07, 6.45) is 1.62. The van der Waals surface area contributed by atoms with Crippen LogP contribution in [0, 0.1) is 11.8 Å². The van der Waals surface area contributed by atoms with Gasteiger partial charge in [-0.25, -0.2) is 0 Å². The average molecular weight is 335 g/mol. The molecule has 0 radical (unpaired) electrons. The first-order chi connectivity index (χ1) is 11.6. The van der Waals surface area contributed by atoms with E-state index in [9.17, 15) is 9.59 Å². The van der Waals surface area contributed by atoms with Crippen LogP contribution in [0.3, 0.4) is 0 Å². The normalized spacial score (nSPS) is 20.0. The van der Waals surface area contributed by atoms with E-state index < -0.39 is 11.9 Å². The van der Waals surface area contributed by atoms with Crippen LogP contribution in [0.5, 0.6) is 0 Å². The van der Waals surface area contributed by atoms with Crippen molar-refractivity contribution >= 4 is 17.6 Å². The number of nitrogens with one attached hydrogen (secondary N) is 1. The lowest BCUT2D eigenvalue weighted by atomic mass is 10.0. The van der Waals surface area contributed by atoms with E-state index in [1.807, 2.05) is 31.2 Å². The second-order valence-corrected chi connectivity index (χ2v) is 5.98. The summed E-state index contributed by atoms with van der Waals surface area (Å²) in [7, 11) is 0. The SMILES string of the molecule is CCOCCOCc1cccc(NC(=O)[C@@H]2CC[C@H](C(=O)O)C2)c1. The highest BCUT2D eigenvalue weighted by molar-refractivity contribution is 5.93. The van der Waals surface area contributed by atoms with Gasteiger partial charge in [-0.1, -0.05) is 12.1 Å². The molecule has 0 aromatic heterocycles. The number of carboxylic acids is 1. The number of anilines is 1. The van der Waals surface area contributed by atoms with E-state index in [0.29, 0.717) is 51.4 Å². The molecule has 1 fully saturated rings. The summed E-state index contributed by atoms with van der Waals surface area (Å²) >= 11 is 0. The van der Waals surface area contributed by atoms with E-state index in [-0.39, 0.29) is 11.8 Å². The molecule has 1 aromatic rings. The number of carbonyl (C=O) groups excluding carboxylic acids is 1. The second-order valence-electron chi connectivity index (χ2n) is 5.98. The number of ether oxygens (including phenoxy) is 2. The van der Waals surface area contributed by atoms with E-state index in [4.69, 9.17) is 14.6 Å². The van der Waals surface area contributed by atoms with Gasteiger partial charge in [0.15, 0.2) is 0 Å². The quantitative estimate of drug-likeness (QED) is 0.678. The van der Waals surface area contributed by atoms with Crippen LogP contribution in [0.4, 0.5) is 5.69 Å². The van der Waals surface area contributed by atoms with Crippen molar-refractivity contribution in [2.75, 3.05) is 25.1 Å². The van der Waals surface area contributed by atoms with Gasteiger partial charge in [-0.2, -0.15) is 0 Å². The highest BCUT2D eigenvalue weighted by Gasteiger charge is 2.33. The van der Waals surface area contributed by atoms with Gasteiger partial charge in [-0.3, -0.25) is 9.59 Å². The van der Waals surface area contributed by atoms with Crippen molar-refractivity contribution < 1.29 is 24.2 Å². The van der Waals surface area contributed by atoms with Crippen LogP contribution in [0.1, 0.15) is 31.7 Å². The van der Waals surface area contributed by atoms with E-state index in [1.54, 1.807) is 0 Å². The van der Waals surface area contributed by atoms with Crippen molar-refractivity contribution in [1.82, 2.24) is 0 Å². The summed E-state index contributed by atoms with van der Waals surface area (Å²) in [5, 5.41) is 11.9. The molecule has 1 aliphatic rings. The number of hydrogen-bond donors (Lipinski definition) is 2. The smallest absolute Gasteiger partial charge is 0.306 e. The zero-order valence-electron chi connectivity index (χ0n) is 14.0. The maximum atomic E-state index is 12.3. The maximum Gasteiger partial charge on any atom is 0.306 e. The molecule has 2 N–H and O–H groups in total. The van der Waals surface area contributed by atoms with E-state index in [0.717, 1.165) is 5.56 Å². The molecule has 0 saturated heterocycles. The largest absolute Gasteiger partial charge is 0.481 e. The Morgan fingerprint density at radius 2 is 1.96 bits per heavy atom. The van der Waals surface area contributed by atoms with Crippen LogP contribution in [-0.2, 0) is 25.7 Å². The fraction of sp³-hybridized carbons (Fsp3) is 0.556. The molecule has 0 spiro atoms. The zero-order valence-corrected chi connectivity index (χ0v) is 14.0. The van der Waals surface area contributed by atoms with Crippen molar-refractivity contribution in [3.8, 4) is 0 Å². The van der Waals surface area contributed by atoms with Gasteiger partial charge in [-0.15, -0.1) is 0 Å². The molecular formula is C18H25NO5. The fourth-order valence-corrected chi connectivity index (χ4v) is 2.88. The standard InChI is InChI=1S/C18H25NO5/c1-2-23-8-9-24-12-13-4-3-5-16(10-13)19-17(20)14-6-7-15(11-14)18(21)22/h3-5,10,14-15H,2,6-9,11-12H2,1H3,(H,19,20)(H,21,22)/t14-,15+/m1/s1. The molecule has 1 saturated carbocycles. The number of carboxylic acid groups (broad SMARTS) is 1. The number of rotatable bonds is 9. The van der Waals surface area contributed by atoms with Crippen molar-refractivity contribution in [2.24, 2.45) is 11.8 Å². The van der Waals surface area contributed by atoms with Gasteiger partial charge in [0, 0.05) is 18.2 Å². The molecule has 0 heterocycles. The lowest BCUT2D eigenvalue weighted by Crippen LogP contribution is -2.21. The maximum absolute atomic E-state index is 12.3. The van der Waals surface area contributed by atoms with Crippen molar-refractivity contribution in [1.29, 1.82) is 0 Å². The number of benzene rings is 1. The van der Waals surface area contributed by atoms with Gasteiger partial charge in [-0.05, 0) is 43.9 Å². The Labute approximate surface area is 142 Å². The molecule has 132 valence electrons. The van der Waals surface area contributed by atoms with Gasteiger partial charge >= 0.3 is 5.97 Å². The zero-order chi connectivity index (χ0) is 17.4. The Bertz CT molecular complexity index is 560. The molecule has 0 unspecified atom stereocenters. The summed E-state index contributed by atoms with van der Waals surface area (Å²) < 4.78 is 10.7. The van der Waals surface area contributed by atoms with Crippen LogP contribution < -0.4 is 5.32 Å². The molecule has 6 heteroatoms. The van der Waals surface area contributed by atoms with Crippen molar-refractivity contribution in [3.63, 3.8) is 0 Å². The molecule has 0 bridgehead atoms. The second kappa shape index (κ2) is 9.39. The van der Waals surface area contributed by atoms with Gasteiger partial charge < -0.3 is 19.9 Å². The minimum absolute atomic E-state index is 0.104. The molecule has 1 aromatic carbocycles. The Morgan fingerprint density at radius 1 is 1.21 bits per heavy atom. The van der Waals surface area contributed by atoms with Gasteiger partial charge in [0.25, 0.3) is 0 Å². The van der Waals surface area contributed by atoms with E-state index in [2.05, 4.69) is 5.32 Å².